The number of allylic oxidation sites excluding steroid dienone is 1. The first-order valence-electron chi connectivity index (χ1n) is 8.65. The lowest BCUT2D eigenvalue weighted by Gasteiger charge is -2.03. The predicted octanol–water partition coefficient (Wildman–Crippen LogP) is 5.53. The summed E-state index contributed by atoms with van der Waals surface area (Å²) in [7, 11) is 0. The Morgan fingerprint density at radius 2 is 1.89 bits per heavy atom. The molecule has 0 aliphatic carbocycles. The van der Waals surface area contributed by atoms with Gasteiger partial charge in [0.2, 0.25) is 5.91 Å². The molecule has 0 bridgehead atoms. The van der Waals surface area contributed by atoms with Crippen LogP contribution in [0.1, 0.15) is 29.5 Å². The molecule has 0 aliphatic rings. The maximum Gasteiger partial charge on any atom is 0.224 e. The largest absolute Gasteiger partial charge is 0.316 e. The fourth-order valence-electron chi connectivity index (χ4n) is 2.50. The van der Waals surface area contributed by atoms with Gasteiger partial charge in [0.1, 0.15) is 21.8 Å². The number of aryl methyl sites for hydroxylation is 1. The van der Waals surface area contributed by atoms with Crippen molar-refractivity contribution in [2.24, 2.45) is 0 Å². The van der Waals surface area contributed by atoms with Gasteiger partial charge in [-0.3, -0.25) is 4.79 Å². The molecule has 4 nitrogen and oxygen atoms in total. The Morgan fingerprint density at radius 3 is 2.52 bits per heavy atom. The number of nitrogens with zero attached hydrogens (tertiary/aromatic N) is 2. The predicted molar refractivity (Wildman–Crippen MR) is 111 cm³/mol. The second-order valence-corrected chi connectivity index (χ2v) is 7.04. The molecule has 5 heteroatoms. The van der Waals surface area contributed by atoms with Crippen LogP contribution < -0.4 is 5.32 Å². The summed E-state index contributed by atoms with van der Waals surface area (Å²) in [4.78, 5) is 16.6. The number of nitrogens with one attached hydrogen (secondary N) is 1. The summed E-state index contributed by atoms with van der Waals surface area (Å²) in [5.74, 6) is -0.0802. The minimum atomic E-state index is -0.0802. The quantitative estimate of drug-likeness (QED) is 0.598. The molecule has 0 fully saturated rings. The molecule has 1 heterocycles. The van der Waals surface area contributed by atoms with Gasteiger partial charge >= 0.3 is 0 Å². The van der Waals surface area contributed by atoms with Crippen molar-refractivity contribution < 1.29 is 4.79 Å². The number of rotatable bonds is 5. The van der Waals surface area contributed by atoms with Crippen LogP contribution in [0.3, 0.4) is 0 Å². The van der Waals surface area contributed by atoms with Gasteiger partial charge < -0.3 is 5.32 Å². The van der Waals surface area contributed by atoms with Gasteiger partial charge in [-0.2, -0.15) is 5.26 Å². The van der Waals surface area contributed by atoms with Crippen molar-refractivity contribution in [3.8, 4) is 17.3 Å². The van der Waals surface area contributed by atoms with Crippen molar-refractivity contribution in [3.05, 3.63) is 70.7 Å². The van der Waals surface area contributed by atoms with Gasteiger partial charge in [-0.1, -0.05) is 78.4 Å². The van der Waals surface area contributed by atoms with Gasteiger partial charge in [-0.25, -0.2) is 4.98 Å². The fraction of sp³-hybridized carbons (Fsp3) is 0.136. The SMILES string of the molecule is CCC(=O)Nc1sc(/C(C#N)=C/c2ccc(C)cc2)nc1-c1ccccc1. The van der Waals surface area contributed by atoms with Crippen LogP contribution in [-0.2, 0) is 4.79 Å². The highest BCUT2D eigenvalue weighted by atomic mass is 32.1. The Bertz CT molecular complexity index is 1010. The molecule has 1 amide bonds. The summed E-state index contributed by atoms with van der Waals surface area (Å²) < 4.78 is 0. The number of hydrogen-bond donors (Lipinski definition) is 1. The van der Waals surface area contributed by atoms with Crippen LogP contribution in [0, 0.1) is 18.3 Å². The van der Waals surface area contributed by atoms with E-state index in [0.717, 1.165) is 16.7 Å². The van der Waals surface area contributed by atoms with Gasteiger partial charge in [0, 0.05) is 12.0 Å². The third-order valence-corrected chi connectivity index (χ3v) is 4.99. The van der Waals surface area contributed by atoms with Crippen molar-refractivity contribution in [1.29, 1.82) is 5.26 Å². The van der Waals surface area contributed by atoms with Gasteiger partial charge in [-0.15, -0.1) is 0 Å². The Balaban J connectivity index is 2.05. The van der Waals surface area contributed by atoms with E-state index in [4.69, 9.17) is 0 Å². The van der Waals surface area contributed by atoms with Crippen molar-refractivity contribution in [2.75, 3.05) is 5.32 Å². The summed E-state index contributed by atoms with van der Waals surface area (Å²) >= 11 is 1.32. The number of aromatic nitrogens is 1. The topological polar surface area (TPSA) is 65.8 Å². The number of anilines is 1. The van der Waals surface area contributed by atoms with E-state index in [1.165, 1.54) is 11.3 Å². The van der Waals surface area contributed by atoms with E-state index in [9.17, 15) is 10.1 Å². The smallest absolute Gasteiger partial charge is 0.224 e. The van der Waals surface area contributed by atoms with E-state index in [1.807, 2.05) is 67.6 Å². The summed E-state index contributed by atoms with van der Waals surface area (Å²) in [6, 6.07) is 19.8. The zero-order valence-corrected chi connectivity index (χ0v) is 16.0. The third kappa shape index (κ3) is 4.49. The average Bonchev–Trinajstić information content (AvgIpc) is 3.11. The number of nitriles is 1. The minimum absolute atomic E-state index is 0.0802. The van der Waals surface area contributed by atoms with E-state index in [1.54, 1.807) is 6.92 Å². The molecule has 0 aliphatic heterocycles. The standard InChI is InChI=1S/C22H19N3OS/c1-3-19(26)24-22-20(17-7-5-4-6-8-17)25-21(27-22)18(14-23)13-16-11-9-15(2)10-12-16/h4-13H,3H2,1-2H3,(H,24,26)/b18-13+. The van der Waals surface area contributed by atoms with E-state index >= 15 is 0 Å². The molecule has 1 N–H and O–H groups in total. The molecule has 134 valence electrons. The Labute approximate surface area is 162 Å². The summed E-state index contributed by atoms with van der Waals surface area (Å²) in [5.41, 5.74) is 4.16. The maximum atomic E-state index is 11.9. The molecular weight excluding hydrogens is 354 g/mol. The molecule has 2 aromatic carbocycles. The van der Waals surface area contributed by atoms with Crippen molar-refractivity contribution in [3.63, 3.8) is 0 Å². The number of amides is 1. The molecule has 0 radical (unpaired) electrons. The first-order chi connectivity index (χ1) is 13.1. The van der Waals surface area contributed by atoms with E-state index in [2.05, 4.69) is 16.4 Å². The first-order valence-corrected chi connectivity index (χ1v) is 9.47. The van der Waals surface area contributed by atoms with Gasteiger partial charge in [0.15, 0.2) is 0 Å². The summed E-state index contributed by atoms with van der Waals surface area (Å²) in [5, 5.41) is 13.8. The highest BCUT2D eigenvalue weighted by molar-refractivity contribution is 7.17. The lowest BCUT2D eigenvalue weighted by Crippen LogP contribution is -2.08. The molecule has 3 rings (SSSR count). The molecule has 0 atom stereocenters. The Kier molecular flexibility index (Phi) is 5.80. The zero-order valence-electron chi connectivity index (χ0n) is 15.2. The number of carbonyl (C=O) groups is 1. The van der Waals surface area contributed by atoms with E-state index in [-0.39, 0.29) is 5.91 Å². The number of benzene rings is 2. The highest BCUT2D eigenvalue weighted by Crippen LogP contribution is 2.36. The monoisotopic (exact) mass is 373 g/mol. The molecule has 3 aromatic rings. The van der Waals surface area contributed by atoms with Crippen LogP contribution >= 0.6 is 11.3 Å². The van der Waals surface area contributed by atoms with Gasteiger partial charge in [0.05, 0.1) is 5.57 Å². The molecule has 0 unspecified atom stereocenters. The van der Waals surface area contributed by atoms with Crippen LogP contribution in [0.4, 0.5) is 5.00 Å². The Hall–Kier alpha value is -3.23. The molecule has 1 aromatic heterocycles. The first kappa shape index (κ1) is 18.6. The van der Waals surface area contributed by atoms with Crippen molar-refractivity contribution in [1.82, 2.24) is 4.98 Å². The maximum absolute atomic E-state index is 11.9. The number of thiazole rings is 1. The summed E-state index contributed by atoms with van der Waals surface area (Å²) in [6.07, 6.45) is 2.20. The normalized spacial score (nSPS) is 11.1. The molecular formula is C22H19N3OS. The second-order valence-electron chi connectivity index (χ2n) is 6.05. The van der Waals surface area contributed by atoms with Gasteiger partial charge in [0.25, 0.3) is 0 Å². The lowest BCUT2D eigenvalue weighted by atomic mass is 10.1. The molecule has 0 saturated carbocycles. The minimum Gasteiger partial charge on any atom is -0.316 e. The van der Waals surface area contributed by atoms with Crippen LogP contribution in [0.5, 0.6) is 0 Å². The second kappa shape index (κ2) is 8.43. The third-order valence-electron chi connectivity index (χ3n) is 3.99. The molecule has 0 saturated heterocycles. The van der Waals surface area contributed by atoms with Crippen molar-refractivity contribution >= 4 is 33.9 Å². The molecule has 27 heavy (non-hydrogen) atoms. The van der Waals surface area contributed by atoms with E-state index in [0.29, 0.717) is 27.7 Å². The van der Waals surface area contributed by atoms with Gasteiger partial charge in [-0.05, 0) is 18.6 Å². The molecule has 0 spiro atoms. The lowest BCUT2D eigenvalue weighted by molar-refractivity contribution is -0.115. The van der Waals surface area contributed by atoms with E-state index < -0.39 is 0 Å². The number of carbonyl (C=O) groups excluding carboxylic acids is 1. The summed E-state index contributed by atoms with van der Waals surface area (Å²) in [6.45, 7) is 3.83. The van der Waals surface area contributed by atoms with Crippen LogP contribution in [0.2, 0.25) is 0 Å². The van der Waals surface area contributed by atoms with Crippen LogP contribution in [0.15, 0.2) is 54.6 Å². The van der Waals surface area contributed by atoms with Crippen molar-refractivity contribution in [2.45, 2.75) is 20.3 Å². The highest BCUT2D eigenvalue weighted by Gasteiger charge is 2.17. The fourth-order valence-corrected chi connectivity index (χ4v) is 3.47. The Morgan fingerprint density at radius 1 is 1.19 bits per heavy atom. The number of hydrogen-bond acceptors (Lipinski definition) is 4. The van der Waals surface area contributed by atoms with Crippen LogP contribution in [-0.4, -0.2) is 10.9 Å². The zero-order chi connectivity index (χ0) is 19.2. The van der Waals surface area contributed by atoms with Crippen LogP contribution in [0.25, 0.3) is 22.9 Å². The average molecular weight is 373 g/mol.